The molecule has 0 saturated heterocycles. The van der Waals surface area contributed by atoms with E-state index < -0.39 is 0 Å². The van der Waals surface area contributed by atoms with Crippen LogP contribution < -0.4 is 0 Å². The third-order valence-electron chi connectivity index (χ3n) is 2.46. The molecule has 1 unspecified atom stereocenters. The lowest BCUT2D eigenvalue weighted by Crippen LogP contribution is -2.13. The van der Waals surface area contributed by atoms with Gasteiger partial charge in [0.15, 0.2) is 11.2 Å². The van der Waals surface area contributed by atoms with Gasteiger partial charge in [0.2, 0.25) is 0 Å². The highest BCUT2D eigenvalue weighted by molar-refractivity contribution is 7.99. The van der Waals surface area contributed by atoms with E-state index in [1.165, 1.54) is 5.75 Å². The summed E-state index contributed by atoms with van der Waals surface area (Å²) >= 11 is 0. The predicted octanol–water partition coefficient (Wildman–Crippen LogP) is 2.73. The molecular weight excluding hydrogens is 220 g/mol. The highest BCUT2D eigenvalue weighted by atomic mass is 32.2. The summed E-state index contributed by atoms with van der Waals surface area (Å²) < 4.78 is 5.38. The first-order valence-electron chi connectivity index (χ1n) is 5.35. The Morgan fingerprint density at radius 1 is 1.31 bits per heavy atom. The van der Waals surface area contributed by atoms with Crippen LogP contribution in [0.15, 0.2) is 41.5 Å². The van der Waals surface area contributed by atoms with Crippen molar-refractivity contribution in [2.45, 2.75) is 12.8 Å². The molecule has 0 bridgehead atoms. The second kappa shape index (κ2) is 5.21. The van der Waals surface area contributed by atoms with E-state index in [1.807, 2.05) is 18.2 Å². The Labute approximate surface area is 98.7 Å². The second-order valence-electron chi connectivity index (χ2n) is 3.84. The summed E-state index contributed by atoms with van der Waals surface area (Å²) in [5.74, 6) is 1.81. The smallest absolute Gasteiger partial charge is 0.343 e. The summed E-state index contributed by atoms with van der Waals surface area (Å²) in [7, 11) is 0.268. The molecule has 1 aliphatic heterocycles. The van der Waals surface area contributed by atoms with E-state index in [0.717, 1.165) is 18.6 Å². The topological polar surface area (TPSA) is 26.3 Å². The van der Waals surface area contributed by atoms with Crippen LogP contribution in [0.1, 0.15) is 23.2 Å². The van der Waals surface area contributed by atoms with Crippen molar-refractivity contribution in [3.63, 3.8) is 0 Å². The lowest BCUT2D eigenvalue weighted by molar-refractivity contribution is 0.0614. The number of allylic oxidation sites excluding steroid dienone is 1. The maximum atomic E-state index is 11.8. The standard InChI is InChI=1S/C13H15O2S/c1-16-9-5-8-12(10-16)15-13(14)11-6-3-2-4-7-11/h2-4,6-7,10H,5,8-9H2,1H3/q+1. The van der Waals surface area contributed by atoms with Crippen LogP contribution in [0.2, 0.25) is 0 Å². The van der Waals surface area contributed by atoms with Crippen LogP contribution in [-0.2, 0) is 15.6 Å². The Bertz CT molecular complexity index is 398. The third kappa shape index (κ3) is 2.89. The minimum atomic E-state index is -0.245. The fourth-order valence-electron chi connectivity index (χ4n) is 1.64. The quantitative estimate of drug-likeness (QED) is 0.582. The zero-order chi connectivity index (χ0) is 11.4. The molecule has 1 aliphatic rings. The van der Waals surface area contributed by atoms with Crippen molar-refractivity contribution in [3.05, 3.63) is 47.1 Å². The number of hydrogen-bond donors (Lipinski definition) is 0. The summed E-state index contributed by atoms with van der Waals surface area (Å²) in [6, 6.07) is 9.13. The van der Waals surface area contributed by atoms with E-state index in [0.29, 0.717) is 5.56 Å². The molecule has 0 fully saturated rings. The second-order valence-corrected chi connectivity index (χ2v) is 5.86. The Balaban J connectivity index is 2.03. The van der Waals surface area contributed by atoms with Gasteiger partial charge in [-0.25, -0.2) is 4.79 Å². The van der Waals surface area contributed by atoms with E-state index >= 15 is 0 Å². The summed E-state index contributed by atoms with van der Waals surface area (Å²) in [4.78, 5) is 11.8. The zero-order valence-corrected chi connectivity index (χ0v) is 10.1. The van der Waals surface area contributed by atoms with Gasteiger partial charge in [0, 0.05) is 17.3 Å². The summed E-state index contributed by atoms with van der Waals surface area (Å²) in [5, 5.41) is 2.09. The van der Waals surface area contributed by atoms with Gasteiger partial charge in [-0.3, -0.25) is 0 Å². The Kier molecular flexibility index (Phi) is 3.67. The molecule has 2 nitrogen and oxygen atoms in total. The highest BCUT2D eigenvalue weighted by Gasteiger charge is 2.20. The molecule has 1 atom stereocenters. The molecule has 0 amide bonds. The molecule has 1 heterocycles. The van der Waals surface area contributed by atoms with E-state index in [1.54, 1.807) is 12.1 Å². The van der Waals surface area contributed by atoms with E-state index in [-0.39, 0.29) is 16.9 Å². The van der Waals surface area contributed by atoms with Gasteiger partial charge < -0.3 is 4.74 Å². The number of ether oxygens (including phenoxy) is 1. The average Bonchev–Trinajstić information content (AvgIpc) is 2.30. The normalized spacial score (nSPS) is 20.1. The van der Waals surface area contributed by atoms with Gasteiger partial charge >= 0.3 is 5.97 Å². The van der Waals surface area contributed by atoms with Gasteiger partial charge in [-0.2, -0.15) is 0 Å². The predicted molar refractivity (Wildman–Crippen MR) is 67.3 cm³/mol. The van der Waals surface area contributed by atoms with Gasteiger partial charge in [0.25, 0.3) is 0 Å². The van der Waals surface area contributed by atoms with Crippen molar-refractivity contribution in [1.29, 1.82) is 0 Å². The van der Waals surface area contributed by atoms with E-state index in [4.69, 9.17) is 4.74 Å². The number of carbonyl (C=O) groups is 1. The molecule has 1 aromatic carbocycles. The first-order valence-corrected chi connectivity index (χ1v) is 7.21. The monoisotopic (exact) mass is 235 g/mol. The minimum Gasteiger partial charge on any atom is -0.423 e. The SMILES string of the molecule is C[S+]1C=C(OC(=O)c2ccccc2)CCC1. The van der Waals surface area contributed by atoms with Gasteiger partial charge in [0.1, 0.15) is 12.0 Å². The summed E-state index contributed by atoms with van der Waals surface area (Å²) in [6.07, 6.45) is 4.18. The molecule has 3 heteroatoms. The Morgan fingerprint density at radius 3 is 2.75 bits per heavy atom. The summed E-state index contributed by atoms with van der Waals surface area (Å²) in [6.45, 7) is 0. The van der Waals surface area contributed by atoms with Crippen LogP contribution in [0.25, 0.3) is 0 Å². The molecule has 0 N–H and O–H groups in total. The molecule has 0 aromatic heterocycles. The molecule has 2 rings (SSSR count). The fourth-order valence-corrected chi connectivity index (χ4v) is 2.98. The number of carbonyl (C=O) groups excluding carboxylic acids is 1. The first kappa shape index (κ1) is 11.3. The van der Waals surface area contributed by atoms with Gasteiger partial charge in [0.05, 0.1) is 5.56 Å². The lowest BCUT2D eigenvalue weighted by atomic mass is 10.2. The number of benzene rings is 1. The summed E-state index contributed by atoms with van der Waals surface area (Å²) in [5.41, 5.74) is 0.616. The molecular formula is C13H15O2S+. The van der Waals surface area contributed by atoms with Crippen molar-refractivity contribution in [3.8, 4) is 0 Å². The van der Waals surface area contributed by atoms with Crippen LogP contribution >= 0.6 is 0 Å². The maximum absolute atomic E-state index is 11.8. The van der Waals surface area contributed by atoms with Crippen molar-refractivity contribution in [2.75, 3.05) is 12.0 Å². The lowest BCUT2D eigenvalue weighted by Gasteiger charge is -2.11. The Morgan fingerprint density at radius 2 is 2.06 bits per heavy atom. The average molecular weight is 235 g/mol. The van der Waals surface area contributed by atoms with Crippen molar-refractivity contribution < 1.29 is 9.53 Å². The van der Waals surface area contributed by atoms with Crippen molar-refractivity contribution in [2.24, 2.45) is 0 Å². The Hall–Kier alpha value is -1.22. The third-order valence-corrected chi connectivity index (χ3v) is 4.05. The first-order chi connectivity index (χ1) is 7.75. The zero-order valence-electron chi connectivity index (χ0n) is 9.31. The van der Waals surface area contributed by atoms with Crippen LogP contribution in [0.3, 0.4) is 0 Å². The van der Waals surface area contributed by atoms with Crippen molar-refractivity contribution >= 4 is 16.9 Å². The number of hydrogen-bond acceptors (Lipinski definition) is 2. The molecule has 1 aromatic rings. The fraction of sp³-hybridized carbons (Fsp3) is 0.308. The molecule has 0 aliphatic carbocycles. The van der Waals surface area contributed by atoms with E-state index in [2.05, 4.69) is 11.7 Å². The van der Waals surface area contributed by atoms with Crippen LogP contribution in [0.4, 0.5) is 0 Å². The van der Waals surface area contributed by atoms with Crippen LogP contribution in [-0.4, -0.2) is 18.0 Å². The number of rotatable bonds is 2. The molecule has 16 heavy (non-hydrogen) atoms. The van der Waals surface area contributed by atoms with E-state index in [9.17, 15) is 4.79 Å². The van der Waals surface area contributed by atoms with Gasteiger partial charge in [-0.1, -0.05) is 18.2 Å². The van der Waals surface area contributed by atoms with Gasteiger partial charge in [-0.05, 0) is 18.6 Å². The van der Waals surface area contributed by atoms with Crippen LogP contribution in [0, 0.1) is 0 Å². The molecule has 0 spiro atoms. The van der Waals surface area contributed by atoms with Gasteiger partial charge in [-0.15, -0.1) is 0 Å². The molecule has 0 saturated carbocycles. The molecule has 0 radical (unpaired) electrons. The largest absolute Gasteiger partial charge is 0.423 e. The minimum absolute atomic E-state index is 0.245. The molecule has 84 valence electrons. The maximum Gasteiger partial charge on any atom is 0.343 e. The van der Waals surface area contributed by atoms with Crippen molar-refractivity contribution in [1.82, 2.24) is 0 Å². The highest BCUT2D eigenvalue weighted by Crippen LogP contribution is 2.19. The number of esters is 1. The van der Waals surface area contributed by atoms with Crippen LogP contribution in [0.5, 0.6) is 0 Å².